The predicted molar refractivity (Wildman–Crippen MR) is 278 cm³/mol. The minimum atomic E-state index is -5.78. The van der Waals surface area contributed by atoms with Gasteiger partial charge < -0.3 is 28.4 Å². The summed E-state index contributed by atoms with van der Waals surface area (Å²) in [4.78, 5) is -3.77. The number of alkyl halides is 8. The molecule has 7 nitrogen and oxygen atoms in total. The van der Waals surface area contributed by atoms with Crippen LogP contribution < -0.4 is 0 Å². The summed E-state index contributed by atoms with van der Waals surface area (Å²) in [6.45, 7) is 10.1. The van der Waals surface area contributed by atoms with E-state index in [0.29, 0.717) is 86.2 Å². The van der Waals surface area contributed by atoms with E-state index in [0.717, 1.165) is 73.4 Å². The Balaban J connectivity index is 0.000000177. The van der Waals surface area contributed by atoms with Crippen LogP contribution in [-0.2, 0) is 44.1 Å². The van der Waals surface area contributed by atoms with Gasteiger partial charge in [-0.3, -0.25) is 0 Å². The Hall–Kier alpha value is -5.39. The zero-order chi connectivity index (χ0) is 58.6. The standard InChI is InChI=1S/C21H19F7O3.C20H19BrF4O2.C19H20F2O2/c1-2-3-12-10-29-19(30-11-12)14-6-4-13(5-7-14)15-8-16(22)18(17(23)9-15)20(24,25)31-21(26,27)28;1-2-3-12-10-26-19(27-11-12)14-6-4-13(5-7-14)15-8-16(22)18(17(23)9-15)20(21,24)25;1-2-3-13-11-22-19(23-12-13)15-6-4-14(5-7-15)16-8-17(20)10-18(21)9-16/h4-9,12,19H,2-3,10-11H2,1H3;4-9,12,19H,2-3,10-11H2,1H3;4-10,13,19H,2-3,11-12H2,1H3. The minimum Gasteiger partial charge on any atom is -0.348 e. The summed E-state index contributed by atoms with van der Waals surface area (Å²) in [6.07, 6.45) is -6.10. The molecule has 0 radical (unpaired) electrons. The molecule has 81 heavy (non-hydrogen) atoms. The number of hydrogen-bond acceptors (Lipinski definition) is 7. The van der Waals surface area contributed by atoms with Crippen molar-refractivity contribution in [2.45, 2.75) is 95.5 Å². The second-order valence-electron chi connectivity index (χ2n) is 19.7. The summed E-state index contributed by atoms with van der Waals surface area (Å²) in [6, 6.07) is 26.6. The Morgan fingerprint density at radius 2 is 0.667 bits per heavy atom. The van der Waals surface area contributed by atoms with E-state index in [4.69, 9.17) is 28.4 Å². The first-order valence-corrected chi connectivity index (χ1v) is 26.9. The highest BCUT2D eigenvalue weighted by Gasteiger charge is 2.49. The quantitative estimate of drug-likeness (QED) is 0.0750. The molecule has 0 spiro atoms. The molecule has 3 heterocycles. The average Bonchev–Trinajstić information content (AvgIpc) is 3.42. The van der Waals surface area contributed by atoms with Gasteiger partial charge in [0.2, 0.25) is 0 Å². The van der Waals surface area contributed by atoms with Gasteiger partial charge in [0.05, 0.1) is 39.6 Å². The van der Waals surface area contributed by atoms with E-state index in [-0.39, 0.29) is 23.0 Å². The van der Waals surface area contributed by atoms with E-state index in [9.17, 15) is 57.1 Å². The lowest BCUT2D eigenvalue weighted by Crippen LogP contribution is -2.29. The van der Waals surface area contributed by atoms with E-state index in [1.807, 2.05) is 40.2 Å². The Kier molecular flexibility index (Phi) is 22.0. The molecular formula is C60H58BrF13O7. The molecule has 438 valence electrons. The van der Waals surface area contributed by atoms with Crippen molar-refractivity contribution in [3.05, 3.63) is 178 Å². The summed E-state index contributed by atoms with van der Waals surface area (Å²) in [5.74, 6) is -6.34. The monoisotopic (exact) mass is 1220 g/mol. The van der Waals surface area contributed by atoms with Crippen LogP contribution in [0.1, 0.15) is 106 Å². The smallest absolute Gasteiger partial charge is 0.348 e. The van der Waals surface area contributed by atoms with E-state index in [2.05, 4.69) is 25.5 Å². The Labute approximate surface area is 468 Å². The zero-order valence-electron chi connectivity index (χ0n) is 44.1. The summed E-state index contributed by atoms with van der Waals surface area (Å²) < 4.78 is 210. The van der Waals surface area contributed by atoms with Gasteiger partial charge in [-0.2, -0.15) is 17.6 Å². The van der Waals surface area contributed by atoms with Crippen molar-refractivity contribution < 1.29 is 90.2 Å². The third-order valence-electron chi connectivity index (χ3n) is 13.3. The van der Waals surface area contributed by atoms with Crippen molar-refractivity contribution in [3.8, 4) is 33.4 Å². The molecule has 0 N–H and O–H groups in total. The lowest BCUT2D eigenvalue weighted by molar-refractivity contribution is -0.432. The third-order valence-corrected chi connectivity index (χ3v) is 13.7. The van der Waals surface area contributed by atoms with Gasteiger partial charge >= 0.3 is 17.3 Å². The molecule has 3 fully saturated rings. The van der Waals surface area contributed by atoms with Gasteiger partial charge in [0.15, 0.2) is 18.9 Å². The third kappa shape index (κ3) is 17.6. The maximum Gasteiger partial charge on any atom is 0.527 e. The van der Waals surface area contributed by atoms with E-state index < -0.39 is 75.9 Å². The van der Waals surface area contributed by atoms with Crippen molar-refractivity contribution in [3.63, 3.8) is 0 Å². The Bertz CT molecular complexity index is 2890. The highest BCUT2D eigenvalue weighted by atomic mass is 79.9. The highest BCUT2D eigenvalue weighted by Crippen LogP contribution is 2.42. The van der Waals surface area contributed by atoms with E-state index in [1.165, 1.54) is 24.3 Å². The van der Waals surface area contributed by atoms with Gasteiger partial charge in [-0.05, 0) is 105 Å². The van der Waals surface area contributed by atoms with Crippen LogP contribution in [0, 0.1) is 52.7 Å². The van der Waals surface area contributed by atoms with E-state index >= 15 is 0 Å². The van der Waals surface area contributed by atoms with Crippen LogP contribution in [0.3, 0.4) is 0 Å². The molecule has 6 aromatic rings. The molecule has 0 unspecified atom stereocenters. The van der Waals surface area contributed by atoms with E-state index in [1.54, 1.807) is 36.4 Å². The maximum absolute atomic E-state index is 14.1. The molecule has 9 rings (SSSR count). The summed E-state index contributed by atoms with van der Waals surface area (Å²) in [5, 5.41) is 0. The van der Waals surface area contributed by atoms with Gasteiger partial charge in [-0.25, -0.2) is 31.1 Å². The molecule has 6 aromatic carbocycles. The van der Waals surface area contributed by atoms with Crippen LogP contribution >= 0.6 is 15.9 Å². The van der Waals surface area contributed by atoms with Crippen LogP contribution in [0.5, 0.6) is 0 Å². The van der Waals surface area contributed by atoms with Gasteiger partial charge in [0.1, 0.15) is 46.0 Å². The molecule has 0 atom stereocenters. The minimum absolute atomic E-state index is 0.137. The molecule has 0 saturated carbocycles. The van der Waals surface area contributed by atoms with Gasteiger partial charge in [0.25, 0.3) is 0 Å². The average molecular weight is 1220 g/mol. The molecule has 21 heteroatoms. The maximum atomic E-state index is 14.1. The van der Waals surface area contributed by atoms with Crippen molar-refractivity contribution >= 4 is 15.9 Å². The fourth-order valence-electron chi connectivity index (χ4n) is 9.38. The summed E-state index contributed by atoms with van der Waals surface area (Å²) in [7, 11) is 0. The fraction of sp³-hybridized carbons (Fsp3) is 0.400. The van der Waals surface area contributed by atoms with Crippen molar-refractivity contribution in [2.24, 2.45) is 17.8 Å². The first kappa shape index (κ1) is 63.2. The van der Waals surface area contributed by atoms with Gasteiger partial charge in [-0.1, -0.05) is 113 Å². The fourth-order valence-corrected chi connectivity index (χ4v) is 9.75. The second-order valence-corrected chi connectivity index (χ2v) is 20.7. The van der Waals surface area contributed by atoms with Gasteiger partial charge in [0, 0.05) is 40.5 Å². The first-order chi connectivity index (χ1) is 38.4. The topological polar surface area (TPSA) is 64.6 Å². The number of benzene rings is 6. The highest BCUT2D eigenvalue weighted by molar-refractivity contribution is 9.09. The van der Waals surface area contributed by atoms with Crippen molar-refractivity contribution in [2.75, 3.05) is 39.6 Å². The number of hydrogen-bond donors (Lipinski definition) is 0. The van der Waals surface area contributed by atoms with Crippen molar-refractivity contribution in [1.29, 1.82) is 0 Å². The lowest BCUT2D eigenvalue weighted by Gasteiger charge is -2.29. The Morgan fingerprint density at radius 3 is 0.926 bits per heavy atom. The molecule has 0 amide bonds. The zero-order valence-corrected chi connectivity index (χ0v) is 45.7. The molecule has 0 aliphatic carbocycles. The summed E-state index contributed by atoms with van der Waals surface area (Å²) >= 11 is 2.00. The number of ether oxygens (including phenoxy) is 7. The van der Waals surface area contributed by atoms with Crippen LogP contribution in [0.15, 0.2) is 115 Å². The van der Waals surface area contributed by atoms with Crippen LogP contribution in [0.2, 0.25) is 0 Å². The molecule has 3 aliphatic heterocycles. The number of rotatable bonds is 15. The summed E-state index contributed by atoms with van der Waals surface area (Å²) in [5.41, 5.74) is 1.01. The lowest BCUT2D eigenvalue weighted by atomic mass is 10.0. The van der Waals surface area contributed by atoms with Gasteiger partial charge in [-0.15, -0.1) is 13.2 Å². The molecular weight excluding hydrogens is 1160 g/mol. The van der Waals surface area contributed by atoms with Crippen LogP contribution in [0.4, 0.5) is 57.1 Å². The van der Waals surface area contributed by atoms with Crippen LogP contribution in [-0.4, -0.2) is 46.0 Å². The normalized spacial score (nSPS) is 20.7. The number of halogens is 14. The molecule has 3 saturated heterocycles. The molecule has 3 aliphatic rings. The molecule has 0 aromatic heterocycles. The Morgan fingerprint density at radius 1 is 0.395 bits per heavy atom. The first-order valence-electron chi connectivity index (χ1n) is 26.1. The largest absolute Gasteiger partial charge is 0.527 e. The van der Waals surface area contributed by atoms with Crippen molar-refractivity contribution in [1.82, 2.24) is 0 Å². The molecule has 0 bridgehead atoms. The van der Waals surface area contributed by atoms with Crippen LogP contribution in [0.25, 0.3) is 33.4 Å². The second kappa shape index (κ2) is 28.3. The SMILES string of the molecule is CCCC1COC(c2ccc(-c3cc(F)c(C(F)(F)Br)c(F)c3)cc2)OC1.CCCC1COC(c2ccc(-c3cc(F)c(C(F)(F)OC(F)(F)F)c(F)c3)cc2)OC1.CCCC1COC(c2ccc(-c3cc(F)cc(F)c3)cc2)OC1. The predicted octanol–water partition coefficient (Wildman–Crippen LogP) is 18.3.